The van der Waals surface area contributed by atoms with E-state index in [0.29, 0.717) is 6.42 Å². The minimum atomic E-state index is -0.278. The van der Waals surface area contributed by atoms with Crippen molar-refractivity contribution in [2.24, 2.45) is 0 Å². The van der Waals surface area contributed by atoms with Crippen LogP contribution in [0.2, 0.25) is 0 Å². The number of quaternary nitrogens is 1. The van der Waals surface area contributed by atoms with Crippen molar-refractivity contribution in [3.63, 3.8) is 0 Å². The van der Waals surface area contributed by atoms with Gasteiger partial charge >= 0.3 is 0 Å². The molecule has 0 bridgehead atoms. The largest absolute Gasteiger partial charge is 0.497 e. The van der Waals surface area contributed by atoms with Gasteiger partial charge in [-0.15, -0.1) is 0 Å². The highest BCUT2D eigenvalue weighted by molar-refractivity contribution is 6.22. The maximum atomic E-state index is 13.2. The molecule has 1 N–H and O–H groups in total. The molecule has 2 saturated heterocycles. The molecular weight excluding hydrogens is 366 g/mol. The summed E-state index contributed by atoms with van der Waals surface area (Å²) < 4.78 is 5.23. The number of rotatable bonds is 4. The molecular formula is C23H28N3O3+. The molecule has 0 radical (unpaired) electrons. The zero-order valence-electron chi connectivity index (χ0n) is 17.3. The van der Waals surface area contributed by atoms with Crippen molar-refractivity contribution in [3.05, 3.63) is 53.6 Å². The maximum Gasteiger partial charge on any atom is 0.292 e. The monoisotopic (exact) mass is 394 g/mol. The minimum Gasteiger partial charge on any atom is -0.497 e. The van der Waals surface area contributed by atoms with Gasteiger partial charge in [0.2, 0.25) is 5.91 Å². The van der Waals surface area contributed by atoms with Crippen LogP contribution in [0.15, 0.2) is 42.5 Å². The number of imide groups is 1. The molecule has 4 rings (SSSR count). The molecule has 1 atom stereocenters. The summed E-state index contributed by atoms with van der Waals surface area (Å²) in [5.74, 6) is 0.711. The van der Waals surface area contributed by atoms with Gasteiger partial charge in [0.15, 0.2) is 6.04 Å². The average Bonchev–Trinajstić information content (AvgIpc) is 3.03. The highest BCUT2D eigenvalue weighted by Crippen LogP contribution is 2.29. The second-order valence-corrected chi connectivity index (χ2v) is 7.91. The third-order valence-corrected chi connectivity index (χ3v) is 6.15. The molecule has 29 heavy (non-hydrogen) atoms. The molecule has 2 heterocycles. The molecule has 2 aromatic rings. The summed E-state index contributed by atoms with van der Waals surface area (Å²) in [4.78, 5) is 30.9. The first-order chi connectivity index (χ1) is 14.0. The second-order valence-electron chi connectivity index (χ2n) is 7.91. The van der Waals surface area contributed by atoms with E-state index < -0.39 is 0 Å². The number of ether oxygens (including phenoxy) is 1. The lowest BCUT2D eigenvalue weighted by Crippen LogP contribution is -3.19. The summed E-state index contributed by atoms with van der Waals surface area (Å²) in [6.45, 7) is 7.33. The van der Waals surface area contributed by atoms with Crippen LogP contribution < -0.4 is 19.4 Å². The Bertz CT molecular complexity index is 897. The van der Waals surface area contributed by atoms with Gasteiger partial charge in [-0.3, -0.25) is 9.59 Å². The van der Waals surface area contributed by atoms with E-state index in [0.717, 1.165) is 54.4 Å². The van der Waals surface area contributed by atoms with Gasteiger partial charge in [-0.1, -0.05) is 18.2 Å². The summed E-state index contributed by atoms with van der Waals surface area (Å²) in [6, 6.07) is 13.7. The van der Waals surface area contributed by atoms with Crippen molar-refractivity contribution in [3.8, 4) is 5.75 Å². The van der Waals surface area contributed by atoms with Gasteiger partial charge in [0.25, 0.3) is 5.91 Å². The third-order valence-electron chi connectivity index (χ3n) is 6.15. The number of para-hydroxylation sites is 1. The van der Waals surface area contributed by atoms with Crippen LogP contribution in [0.1, 0.15) is 17.5 Å². The number of hydrogen-bond acceptors (Lipinski definition) is 4. The average molecular weight is 394 g/mol. The SMILES string of the molecule is COc1ccc(N2CC[NH+]([C@@H]3CC(=O)N(c4c(C)cccc4C)C3=O)CC2)cc1. The Balaban J connectivity index is 1.45. The number of carbonyl (C=O) groups excluding carboxylic acids is 2. The highest BCUT2D eigenvalue weighted by atomic mass is 16.5. The van der Waals surface area contributed by atoms with Crippen molar-refractivity contribution < 1.29 is 19.2 Å². The molecule has 2 aliphatic heterocycles. The molecule has 0 saturated carbocycles. The molecule has 152 valence electrons. The highest BCUT2D eigenvalue weighted by Gasteiger charge is 2.47. The predicted molar refractivity (Wildman–Crippen MR) is 113 cm³/mol. The van der Waals surface area contributed by atoms with Crippen LogP contribution in [0.5, 0.6) is 5.75 Å². The standard InChI is InChI=1S/C23H27N3O3/c1-16-5-4-6-17(2)22(16)26-21(27)15-20(23(26)28)25-13-11-24(12-14-25)18-7-9-19(29-3)10-8-18/h4-10,20H,11-15H2,1-3H3/p+1/t20-/m1/s1. The van der Waals surface area contributed by atoms with Crippen LogP contribution >= 0.6 is 0 Å². The molecule has 2 amide bonds. The Morgan fingerprint density at radius 2 is 1.59 bits per heavy atom. The van der Waals surface area contributed by atoms with Gasteiger partial charge in [-0.2, -0.15) is 0 Å². The zero-order valence-corrected chi connectivity index (χ0v) is 17.3. The lowest BCUT2D eigenvalue weighted by Gasteiger charge is -2.35. The fraction of sp³-hybridized carbons (Fsp3) is 0.391. The summed E-state index contributed by atoms with van der Waals surface area (Å²) in [5, 5.41) is 0. The van der Waals surface area contributed by atoms with Crippen LogP contribution in [0.25, 0.3) is 0 Å². The Hall–Kier alpha value is -2.86. The van der Waals surface area contributed by atoms with Crippen molar-refractivity contribution in [2.75, 3.05) is 43.1 Å². The summed E-state index contributed by atoms with van der Waals surface area (Å²) in [6.07, 6.45) is 0.296. The van der Waals surface area contributed by atoms with E-state index >= 15 is 0 Å². The van der Waals surface area contributed by atoms with E-state index in [1.165, 1.54) is 9.80 Å². The second kappa shape index (κ2) is 7.87. The third kappa shape index (κ3) is 3.60. The number of anilines is 2. The summed E-state index contributed by atoms with van der Waals surface area (Å²) in [5.41, 5.74) is 3.86. The van der Waals surface area contributed by atoms with Crippen molar-refractivity contribution >= 4 is 23.2 Å². The fourth-order valence-corrected chi connectivity index (χ4v) is 4.54. The normalized spacial score (nSPS) is 20.4. The number of piperazine rings is 1. The number of nitrogens with zero attached hydrogens (tertiary/aromatic N) is 2. The van der Waals surface area contributed by atoms with Crippen molar-refractivity contribution in [1.82, 2.24) is 0 Å². The molecule has 2 aliphatic rings. The minimum absolute atomic E-state index is 0.0553. The van der Waals surface area contributed by atoms with Crippen molar-refractivity contribution in [1.29, 1.82) is 0 Å². The zero-order chi connectivity index (χ0) is 20.5. The van der Waals surface area contributed by atoms with Gasteiger partial charge in [0.05, 0.1) is 45.4 Å². The van der Waals surface area contributed by atoms with E-state index in [-0.39, 0.29) is 17.9 Å². The summed E-state index contributed by atoms with van der Waals surface area (Å²) in [7, 11) is 1.67. The van der Waals surface area contributed by atoms with Crippen LogP contribution in [-0.4, -0.2) is 51.1 Å². The molecule has 0 spiro atoms. The molecule has 0 aromatic heterocycles. The molecule has 6 nitrogen and oxygen atoms in total. The number of carbonyl (C=O) groups is 2. The molecule has 2 fully saturated rings. The quantitative estimate of drug-likeness (QED) is 0.796. The van der Waals surface area contributed by atoms with E-state index in [4.69, 9.17) is 4.74 Å². The lowest BCUT2D eigenvalue weighted by molar-refractivity contribution is -0.915. The van der Waals surface area contributed by atoms with Gasteiger partial charge < -0.3 is 14.5 Å². The van der Waals surface area contributed by atoms with Crippen LogP contribution in [-0.2, 0) is 9.59 Å². The first kappa shape index (κ1) is 19.5. The molecule has 0 aliphatic carbocycles. The Labute approximate surface area is 171 Å². The van der Waals surface area contributed by atoms with Crippen LogP contribution in [0.4, 0.5) is 11.4 Å². The lowest BCUT2D eigenvalue weighted by atomic mass is 10.1. The molecule has 2 aromatic carbocycles. The first-order valence-electron chi connectivity index (χ1n) is 10.2. The molecule has 6 heteroatoms. The Morgan fingerprint density at radius 3 is 2.17 bits per heavy atom. The van der Waals surface area contributed by atoms with Crippen molar-refractivity contribution in [2.45, 2.75) is 26.3 Å². The molecule has 0 unspecified atom stereocenters. The topological polar surface area (TPSA) is 54.3 Å². The van der Waals surface area contributed by atoms with Crippen LogP contribution in [0.3, 0.4) is 0 Å². The Kier molecular flexibility index (Phi) is 5.28. The number of hydrogen-bond donors (Lipinski definition) is 1. The van der Waals surface area contributed by atoms with Gasteiger partial charge in [-0.05, 0) is 49.2 Å². The first-order valence-corrected chi connectivity index (χ1v) is 10.2. The Morgan fingerprint density at radius 1 is 0.966 bits per heavy atom. The van der Waals surface area contributed by atoms with Gasteiger partial charge in [0.1, 0.15) is 5.75 Å². The maximum absolute atomic E-state index is 13.2. The number of nitrogens with one attached hydrogen (secondary N) is 1. The number of methoxy groups -OCH3 is 1. The van der Waals surface area contributed by atoms with E-state index in [1.54, 1.807) is 7.11 Å². The summed E-state index contributed by atoms with van der Waals surface area (Å²) >= 11 is 0. The smallest absolute Gasteiger partial charge is 0.292 e. The number of amides is 2. The predicted octanol–water partition coefficient (Wildman–Crippen LogP) is 1.35. The van der Waals surface area contributed by atoms with E-state index in [9.17, 15) is 9.59 Å². The van der Waals surface area contributed by atoms with Gasteiger partial charge in [0, 0.05) is 5.69 Å². The van der Waals surface area contributed by atoms with E-state index in [2.05, 4.69) is 17.0 Å². The fourth-order valence-electron chi connectivity index (χ4n) is 4.54. The van der Waals surface area contributed by atoms with Gasteiger partial charge in [-0.25, -0.2) is 4.90 Å². The number of benzene rings is 2. The van der Waals surface area contributed by atoms with E-state index in [1.807, 2.05) is 44.2 Å². The van der Waals surface area contributed by atoms with Crippen LogP contribution in [0, 0.1) is 13.8 Å². The number of aryl methyl sites for hydroxylation is 2.